The number of carbonyl (C=O) groups excluding carboxylic acids is 2. The van der Waals surface area contributed by atoms with E-state index >= 15 is 0 Å². The largest absolute Gasteiger partial charge is 0.497 e. The second-order valence-corrected chi connectivity index (χ2v) is 8.35. The third-order valence-electron chi connectivity index (χ3n) is 6.21. The average Bonchev–Trinajstić information content (AvgIpc) is 3.36. The zero-order chi connectivity index (χ0) is 23.1. The van der Waals surface area contributed by atoms with E-state index in [0.29, 0.717) is 11.4 Å². The van der Waals surface area contributed by atoms with Crippen LogP contribution in [0.25, 0.3) is 0 Å². The number of nitrogens with zero attached hydrogens (tertiary/aromatic N) is 3. The minimum atomic E-state index is -0.890. The molecule has 0 aromatic heterocycles. The summed E-state index contributed by atoms with van der Waals surface area (Å²) in [7, 11) is 5.53. The Hall–Kier alpha value is -3.84. The van der Waals surface area contributed by atoms with E-state index in [1.54, 1.807) is 36.4 Å². The predicted octanol–water partition coefficient (Wildman–Crippen LogP) is 3.81. The van der Waals surface area contributed by atoms with Gasteiger partial charge in [0.15, 0.2) is 6.10 Å². The van der Waals surface area contributed by atoms with Gasteiger partial charge >= 0.3 is 0 Å². The van der Waals surface area contributed by atoms with Crippen molar-refractivity contribution >= 4 is 28.9 Å². The summed E-state index contributed by atoms with van der Waals surface area (Å²) < 4.78 is 5.20. The van der Waals surface area contributed by atoms with E-state index in [0.717, 1.165) is 16.9 Å². The number of hydroxylamine groups is 1. The lowest BCUT2D eigenvalue weighted by Gasteiger charge is -2.29. The molecule has 7 heteroatoms. The van der Waals surface area contributed by atoms with Gasteiger partial charge in [-0.15, -0.1) is 0 Å². The Morgan fingerprint density at radius 1 is 0.818 bits per heavy atom. The van der Waals surface area contributed by atoms with Crippen molar-refractivity contribution in [2.45, 2.75) is 12.1 Å². The summed E-state index contributed by atoms with van der Waals surface area (Å²) in [4.78, 5) is 36.4. The number of amides is 2. The number of imide groups is 1. The minimum Gasteiger partial charge on any atom is -0.497 e. The third-order valence-corrected chi connectivity index (χ3v) is 6.21. The zero-order valence-corrected chi connectivity index (χ0v) is 18.7. The molecule has 0 N–H and O–H groups in total. The Labute approximate surface area is 192 Å². The van der Waals surface area contributed by atoms with Gasteiger partial charge in [0.2, 0.25) is 5.91 Å². The first-order valence-electron chi connectivity index (χ1n) is 10.8. The number of ether oxygens (including phenoxy) is 1. The van der Waals surface area contributed by atoms with E-state index in [-0.39, 0.29) is 11.8 Å². The predicted molar refractivity (Wildman–Crippen MR) is 126 cm³/mol. The van der Waals surface area contributed by atoms with Crippen LogP contribution in [0.4, 0.5) is 17.1 Å². The minimum absolute atomic E-state index is 0.268. The highest BCUT2D eigenvalue weighted by atomic mass is 16.7. The highest BCUT2D eigenvalue weighted by Gasteiger charge is 2.60. The van der Waals surface area contributed by atoms with Crippen molar-refractivity contribution in [1.29, 1.82) is 0 Å². The molecule has 5 rings (SSSR count). The Bertz CT molecular complexity index is 1160. The van der Waals surface area contributed by atoms with E-state index in [1.165, 1.54) is 4.90 Å². The van der Waals surface area contributed by atoms with Gasteiger partial charge < -0.3 is 9.64 Å². The van der Waals surface area contributed by atoms with Gasteiger partial charge in [0.05, 0.1) is 24.5 Å². The summed E-state index contributed by atoms with van der Waals surface area (Å²) in [6, 6.07) is 24.0. The molecule has 0 spiro atoms. The first-order valence-corrected chi connectivity index (χ1v) is 10.8. The molecule has 0 aliphatic carbocycles. The molecular formula is C26H25N3O4. The van der Waals surface area contributed by atoms with Crippen LogP contribution in [0.15, 0.2) is 78.9 Å². The van der Waals surface area contributed by atoms with E-state index in [1.807, 2.05) is 73.6 Å². The van der Waals surface area contributed by atoms with Crippen LogP contribution >= 0.6 is 0 Å². The first-order chi connectivity index (χ1) is 16.0. The standard InChI is InChI=1S/C26H25N3O4/c1-27(2)18-11-9-17(10-12-18)23-22-24(33-29(23)20-7-5-4-6-8-20)26(31)28(25(22)30)19-13-15-21(32-3)16-14-19/h4-16,22-24H,1-3H3. The van der Waals surface area contributed by atoms with Crippen LogP contribution < -0.4 is 19.6 Å². The monoisotopic (exact) mass is 443 g/mol. The Morgan fingerprint density at radius 2 is 1.48 bits per heavy atom. The fourth-order valence-electron chi connectivity index (χ4n) is 4.51. The van der Waals surface area contributed by atoms with Gasteiger partial charge in [-0.2, -0.15) is 0 Å². The summed E-state index contributed by atoms with van der Waals surface area (Å²) in [5, 5.41) is 1.71. The van der Waals surface area contributed by atoms with Crippen molar-refractivity contribution in [3.05, 3.63) is 84.4 Å². The molecule has 2 amide bonds. The molecule has 2 heterocycles. The molecule has 3 atom stereocenters. The van der Waals surface area contributed by atoms with Crippen LogP contribution in [-0.2, 0) is 14.4 Å². The van der Waals surface area contributed by atoms with Gasteiger partial charge in [0.25, 0.3) is 5.91 Å². The van der Waals surface area contributed by atoms with E-state index in [2.05, 4.69) is 0 Å². The molecule has 0 saturated carbocycles. The average molecular weight is 444 g/mol. The quantitative estimate of drug-likeness (QED) is 0.559. The number of para-hydroxylation sites is 1. The number of anilines is 3. The normalized spacial score (nSPS) is 22.0. The van der Waals surface area contributed by atoms with Crippen molar-refractivity contribution in [2.24, 2.45) is 5.92 Å². The SMILES string of the molecule is COc1ccc(N2C(=O)C3ON(c4ccccc4)C(c4ccc(N(C)C)cc4)C3C2=O)cc1. The maximum Gasteiger partial charge on any atom is 0.266 e. The molecule has 2 aliphatic rings. The fourth-order valence-corrected chi connectivity index (χ4v) is 4.51. The van der Waals surface area contributed by atoms with Gasteiger partial charge in [-0.1, -0.05) is 30.3 Å². The summed E-state index contributed by atoms with van der Waals surface area (Å²) >= 11 is 0. The van der Waals surface area contributed by atoms with Crippen LogP contribution in [0, 0.1) is 5.92 Å². The Kier molecular flexibility index (Phi) is 5.26. The molecule has 0 radical (unpaired) electrons. The third kappa shape index (κ3) is 3.50. The Balaban J connectivity index is 1.55. The van der Waals surface area contributed by atoms with Gasteiger partial charge in [0.1, 0.15) is 11.7 Å². The van der Waals surface area contributed by atoms with Gasteiger partial charge in [-0.25, -0.2) is 9.96 Å². The lowest BCUT2D eigenvalue weighted by Crippen LogP contribution is -2.37. The number of benzene rings is 3. The van der Waals surface area contributed by atoms with Crippen LogP contribution in [0.2, 0.25) is 0 Å². The topological polar surface area (TPSA) is 62.3 Å². The summed E-state index contributed by atoms with van der Waals surface area (Å²) in [6.07, 6.45) is -0.890. The number of hydrogen-bond donors (Lipinski definition) is 0. The maximum atomic E-state index is 13.6. The molecule has 3 aromatic carbocycles. The van der Waals surface area contributed by atoms with Gasteiger partial charge in [0, 0.05) is 19.8 Å². The molecule has 0 bridgehead atoms. The molecule has 2 aliphatic heterocycles. The maximum absolute atomic E-state index is 13.6. The second kappa shape index (κ2) is 8.26. The van der Waals surface area contributed by atoms with E-state index < -0.39 is 18.1 Å². The zero-order valence-electron chi connectivity index (χ0n) is 18.7. The van der Waals surface area contributed by atoms with Crippen molar-refractivity contribution < 1.29 is 19.2 Å². The van der Waals surface area contributed by atoms with Crippen LogP contribution in [0.3, 0.4) is 0 Å². The van der Waals surface area contributed by atoms with Gasteiger partial charge in [-0.3, -0.25) is 14.4 Å². The van der Waals surface area contributed by atoms with Crippen molar-refractivity contribution in [3.63, 3.8) is 0 Å². The lowest BCUT2D eigenvalue weighted by molar-refractivity contribution is -0.126. The molecule has 33 heavy (non-hydrogen) atoms. The second-order valence-electron chi connectivity index (χ2n) is 8.35. The number of hydrogen-bond acceptors (Lipinski definition) is 6. The molecule has 168 valence electrons. The number of methoxy groups -OCH3 is 1. The number of carbonyl (C=O) groups is 2. The van der Waals surface area contributed by atoms with Crippen LogP contribution in [-0.4, -0.2) is 39.1 Å². The van der Waals surface area contributed by atoms with Gasteiger partial charge in [-0.05, 0) is 54.1 Å². The highest BCUT2D eigenvalue weighted by Crippen LogP contribution is 2.47. The summed E-state index contributed by atoms with van der Waals surface area (Å²) in [5.74, 6) is -0.632. The van der Waals surface area contributed by atoms with Crippen molar-refractivity contribution in [3.8, 4) is 5.75 Å². The molecular weight excluding hydrogens is 418 g/mol. The molecule has 7 nitrogen and oxygen atoms in total. The Morgan fingerprint density at radius 3 is 2.09 bits per heavy atom. The van der Waals surface area contributed by atoms with Crippen molar-refractivity contribution in [1.82, 2.24) is 0 Å². The number of rotatable bonds is 5. The molecule has 3 unspecified atom stereocenters. The van der Waals surface area contributed by atoms with E-state index in [9.17, 15) is 9.59 Å². The fraction of sp³-hybridized carbons (Fsp3) is 0.231. The summed E-state index contributed by atoms with van der Waals surface area (Å²) in [6.45, 7) is 0. The van der Waals surface area contributed by atoms with Crippen molar-refractivity contribution in [2.75, 3.05) is 36.1 Å². The molecule has 2 fully saturated rings. The molecule has 3 aromatic rings. The van der Waals surface area contributed by atoms with Crippen LogP contribution in [0.5, 0.6) is 5.75 Å². The smallest absolute Gasteiger partial charge is 0.266 e. The van der Waals surface area contributed by atoms with Crippen LogP contribution in [0.1, 0.15) is 11.6 Å². The molecule has 2 saturated heterocycles. The summed E-state index contributed by atoms with van der Waals surface area (Å²) in [5.41, 5.74) is 3.27. The lowest BCUT2D eigenvalue weighted by atomic mass is 9.90. The van der Waals surface area contributed by atoms with E-state index in [4.69, 9.17) is 9.57 Å². The first kappa shape index (κ1) is 21.0. The number of fused-ring (bicyclic) bond motifs is 1. The highest BCUT2D eigenvalue weighted by molar-refractivity contribution is 6.23.